The summed E-state index contributed by atoms with van der Waals surface area (Å²) in [5, 5.41) is 4.69. The van der Waals surface area contributed by atoms with Gasteiger partial charge in [0.2, 0.25) is 5.78 Å². The molecule has 0 spiro atoms. The molecule has 0 bridgehead atoms. The zero-order chi connectivity index (χ0) is 16.2. The van der Waals surface area contributed by atoms with Crippen LogP contribution in [-0.2, 0) is 9.53 Å². The van der Waals surface area contributed by atoms with Gasteiger partial charge in [-0.3, -0.25) is 4.79 Å². The fraction of sp³-hybridized carbons (Fsp3) is 0.111. The molecule has 0 aliphatic rings. The molecule has 0 radical (unpaired) electrons. The Morgan fingerprint density at radius 3 is 2.87 bits per heavy atom. The quantitative estimate of drug-likeness (QED) is 0.438. The number of para-hydroxylation sites is 1. The molecule has 3 aromatic rings. The lowest BCUT2D eigenvalue weighted by molar-refractivity contribution is -0.136. The van der Waals surface area contributed by atoms with Crippen molar-refractivity contribution in [1.82, 2.24) is 4.98 Å². The highest BCUT2D eigenvalue weighted by molar-refractivity contribution is 7.08. The number of ether oxygens (including phenoxy) is 1. The number of H-pyrrole nitrogens is 1. The van der Waals surface area contributed by atoms with E-state index in [9.17, 15) is 9.59 Å². The van der Waals surface area contributed by atoms with Crippen LogP contribution in [0.25, 0.3) is 17.0 Å². The third kappa shape index (κ3) is 3.40. The fourth-order valence-corrected chi connectivity index (χ4v) is 3.06. The minimum Gasteiger partial charge on any atom is -0.454 e. The Hall–Kier alpha value is -2.66. The van der Waals surface area contributed by atoms with Crippen LogP contribution in [0.15, 0.2) is 47.2 Å². The van der Waals surface area contributed by atoms with Crippen molar-refractivity contribution in [2.45, 2.75) is 6.92 Å². The van der Waals surface area contributed by atoms with E-state index in [4.69, 9.17) is 4.74 Å². The van der Waals surface area contributed by atoms with E-state index in [0.717, 1.165) is 22.2 Å². The molecule has 0 saturated carbocycles. The van der Waals surface area contributed by atoms with Crippen molar-refractivity contribution in [3.63, 3.8) is 0 Å². The third-order valence-corrected chi connectivity index (χ3v) is 4.17. The van der Waals surface area contributed by atoms with Gasteiger partial charge in [0.15, 0.2) is 6.61 Å². The molecule has 2 aromatic heterocycles. The predicted molar refractivity (Wildman–Crippen MR) is 91.7 cm³/mol. The summed E-state index contributed by atoms with van der Waals surface area (Å²) < 4.78 is 5.04. The summed E-state index contributed by atoms with van der Waals surface area (Å²) in [5.74, 6) is -0.737. The first-order chi connectivity index (χ1) is 11.1. The number of ketones is 1. The fourth-order valence-electron chi connectivity index (χ4n) is 2.43. The molecule has 0 aliphatic carbocycles. The molecular weight excluding hydrogens is 310 g/mol. The van der Waals surface area contributed by atoms with E-state index in [-0.39, 0.29) is 12.4 Å². The zero-order valence-corrected chi connectivity index (χ0v) is 13.4. The van der Waals surface area contributed by atoms with E-state index in [0.29, 0.717) is 5.56 Å². The Balaban J connectivity index is 1.67. The molecule has 2 heterocycles. The van der Waals surface area contributed by atoms with Gasteiger partial charge in [0.05, 0.1) is 0 Å². The van der Waals surface area contributed by atoms with Gasteiger partial charge < -0.3 is 9.72 Å². The number of esters is 1. The molecule has 5 heteroatoms. The van der Waals surface area contributed by atoms with Crippen LogP contribution in [0.5, 0.6) is 0 Å². The van der Waals surface area contributed by atoms with E-state index < -0.39 is 5.97 Å². The molecule has 0 atom stereocenters. The first kappa shape index (κ1) is 15.2. The van der Waals surface area contributed by atoms with Gasteiger partial charge in [-0.15, -0.1) is 0 Å². The summed E-state index contributed by atoms with van der Waals surface area (Å²) in [6, 6.07) is 9.47. The number of aromatic nitrogens is 1. The summed E-state index contributed by atoms with van der Waals surface area (Å²) in [6.07, 6.45) is 3.00. The van der Waals surface area contributed by atoms with Crippen LogP contribution in [-0.4, -0.2) is 23.3 Å². The molecule has 116 valence electrons. The highest BCUT2D eigenvalue weighted by Crippen LogP contribution is 2.22. The van der Waals surface area contributed by atoms with Gasteiger partial charge in [-0.25, -0.2) is 4.79 Å². The zero-order valence-electron chi connectivity index (χ0n) is 12.5. The van der Waals surface area contributed by atoms with E-state index in [1.54, 1.807) is 17.4 Å². The second-order valence-electron chi connectivity index (χ2n) is 5.09. The van der Waals surface area contributed by atoms with Crippen LogP contribution in [0.2, 0.25) is 0 Å². The van der Waals surface area contributed by atoms with Crippen molar-refractivity contribution in [2.75, 3.05) is 6.61 Å². The second-order valence-corrected chi connectivity index (χ2v) is 5.87. The van der Waals surface area contributed by atoms with Crippen molar-refractivity contribution in [3.8, 4) is 0 Å². The number of hydrogen-bond donors (Lipinski definition) is 1. The van der Waals surface area contributed by atoms with Crippen molar-refractivity contribution in [1.29, 1.82) is 0 Å². The molecule has 0 amide bonds. The van der Waals surface area contributed by atoms with E-state index in [1.165, 1.54) is 6.08 Å². The van der Waals surface area contributed by atoms with Crippen LogP contribution >= 0.6 is 11.3 Å². The Morgan fingerprint density at radius 2 is 2.09 bits per heavy atom. The van der Waals surface area contributed by atoms with Gasteiger partial charge in [-0.05, 0) is 41.5 Å². The highest BCUT2D eigenvalue weighted by atomic mass is 32.1. The predicted octanol–water partition coefficient (Wildman–Crippen LogP) is 3.98. The monoisotopic (exact) mass is 325 g/mol. The number of carbonyl (C=O) groups excluding carboxylic acids is 2. The number of benzene rings is 1. The lowest BCUT2D eigenvalue weighted by Crippen LogP contribution is -2.13. The molecule has 1 N–H and O–H groups in total. The van der Waals surface area contributed by atoms with Crippen molar-refractivity contribution in [2.24, 2.45) is 0 Å². The number of fused-ring (bicyclic) bond motifs is 1. The van der Waals surface area contributed by atoms with Gasteiger partial charge in [0.1, 0.15) is 0 Å². The summed E-state index contributed by atoms with van der Waals surface area (Å²) in [7, 11) is 0. The third-order valence-electron chi connectivity index (χ3n) is 3.47. The Kier molecular flexibility index (Phi) is 4.39. The normalized spacial score (nSPS) is 11.2. The Bertz CT molecular complexity index is 875. The maximum atomic E-state index is 12.4. The molecule has 1 aromatic carbocycles. The topological polar surface area (TPSA) is 59.2 Å². The molecule has 0 unspecified atom stereocenters. The van der Waals surface area contributed by atoms with Gasteiger partial charge >= 0.3 is 5.97 Å². The number of rotatable bonds is 5. The molecular formula is C18H15NO3S. The van der Waals surface area contributed by atoms with Crippen molar-refractivity contribution in [3.05, 3.63) is 64.0 Å². The number of nitrogens with one attached hydrogen (secondary N) is 1. The lowest BCUT2D eigenvalue weighted by Gasteiger charge is -2.02. The van der Waals surface area contributed by atoms with Crippen molar-refractivity contribution >= 4 is 40.1 Å². The van der Waals surface area contributed by atoms with Crippen LogP contribution in [0.1, 0.15) is 21.6 Å². The van der Waals surface area contributed by atoms with E-state index in [2.05, 4.69) is 4.98 Å². The Labute approximate surface area is 137 Å². The first-order valence-electron chi connectivity index (χ1n) is 7.12. The Morgan fingerprint density at radius 1 is 1.26 bits per heavy atom. The van der Waals surface area contributed by atoms with E-state index >= 15 is 0 Å². The van der Waals surface area contributed by atoms with Crippen LogP contribution < -0.4 is 0 Å². The lowest BCUT2D eigenvalue weighted by atomic mass is 10.1. The van der Waals surface area contributed by atoms with E-state index in [1.807, 2.05) is 48.0 Å². The molecule has 0 saturated heterocycles. The summed E-state index contributed by atoms with van der Waals surface area (Å²) in [5.41, 5.74) is 3.19. The second kappa shape index (κ2) is 6.62. The minimum absolute atomic E-state index is 0.211. The van der Waals surface area contributed by atoms with Gasteiger partial charge in [0, 0.05) is 28.2 Å². The standard InChI is InChI=1S/C18H15NO3S/c1-12-18(14-4-2-3-5-15(14)19-12)16(20)10-22-17(21)7-6-13-8-9-23-11-13/h2-9,11,19H,10H2,1H3/b7-6+. The number of aromatic amines is 1. The maximum Gasteiger partial charge on any atom is 0.331 e. The van der Waals surface area contributed by atoms with Crippen LogP contribution in [0.4, 0.5) is 0 Å². The molecule has 3 rings (SSSR count). The summed E-state index contributed by atoms with van der Waals surface area (Å²) in [4.78, 5) is 27.2. The average Bonchev–Trinajstić information content (AvgIpc) is 3.17. The van der Waals surface area contributed by atoms with Crippen LogP contribution in [0.3, 0.4) is 0 Å². The van der Waals surface area contributed by atoms with Crippen molar-refractivity contribution < 1.29 is 14.3 Å². The molecule has 0 fully saturated rings. The summed E-state index contributed by atoms with van der Waals surface area (Å²) >= 11 is 1.55. The molecule has 0 aliphatic heterocycles. The van der Waals surface area contributed by atoms with Gasteiger partial charge in [0.25, 0.3) is 0 Å². The van der Waals surface area contributed by atoms with Crippen LogP contribution in [0, 0.1) is 6.92 Å². The number of thiophene rings is 1. The SMILES string of the molecule is Cc1[nH]c2ccccc2c1C(=O)COC(=O)/C=C/c1ccsc1. The smallest absolute Gasteiger partial charge is 0.331 e. The average molecular weight is 325 g/mol. The number of aryl methyl sites for hydroxylation is 1. The number of carbonyl (C=O) groups is 2. The van der Waals surface area contributed by atoms with Gasteiger partial charge in [-0.2, -0.15) is 11.3 Å². The summed E-state index contributed by atoms with van der Waals surface area (Å²) in [6.45, 7) is 1.57. The molecule has 4 nitrogen and oxygen atoms in total. The first-order valence-corrected chi connectivity index (χ1v) is 8.07. The maximum absolute atomic E-state index is 12.4. The highest BCUT2D eigenvalue weighted by Gasteiger charge is 2.16. The minimum atomic E-state index is -0.526. The molecule has 23 heavy (non-hydrogen) atoms. The number of Topliss-reactive ketones (excluding diaryl/α,β-unsaturated/α-hetero) is 1. The largest absolute Gasteiger partial charge is 0.454 e. The number of hydrogen-bond acceptors (Lipinski definition) is 4. The van der Waals surface area contributed by atoms with Gasteiger partial charge in [-0.1, -0.05) is 18.2 Å².